The first-order valence-electron chi connectivity index (χ1n) is 8.57. The van der Waals surface area contributed by atoms with Gasteiger partial charge in [0.15, 0.2) is 0 Å². The zero-order valence-electron chi connectivity index (χ0n) is 13.8. The molecule has 0 aromatic carbocycles. The van der Waals surface area contributed by atoms with E-state index in [9.17, 15) is 0 Å². The Balaban J connectivity index is 1.40. The van der Waals surface area contributed by atoms with E-state index in [1.807, 2.05) is 11.3 Å². The molecule has 1 saturated carbocycles. The molecule has 0 unspecified atom stereocenters. The lowest BCUT2D eigenvalue weighted by molar-refractivity contribution is 0.251. The fourth-order valence-electron chi connectivity index (χ4n) is 3.50. The number of piperazine rings is 1. The highest BCUT2D eigenvalue weighted by Gasteiger charge is 2.29. The minimum atomic E-state index is 0.315. The topological polar surface area (TPSA) is 84.3 Å². The standard InChI is InChI=1S/C17H24N6S/c18-13-8-12(9-13)15-10-16(21-17(19)20-15)23-5-3-22(4-6-23)11-14-2-1-7-24-14/h1-2,7,10,12-13H,3-6,8-9,11,18H2,(H2,19,20,21). The predicted octanol–water partition coefficient (Wildman–Crippen LogP) is 1.65. The molecule has 4 rings (SSSR count). The first-order chi connectivity index (χ1) is 11.7. The van der Waals surface area contributed by atoms with E-state index >= 15 is 0 Å². The maximum absolute atomic E-state index is 5.95. The minimum Gasteiger partial charge on any atom is -0.368 e. The summed E-state index contributed by atoms with van der Waals surface area (Å²) >= 11 is 1.83. The van der Waals surface area contributed by atoms with Crippen molar-refractivity contribution >= 4 is 23.1 Å². The van der Waals surface area contributed by atoms with Gasteiger partial charge < -0.3 is 16.4 Å². The van der Waals surface area contributed by atoms with Crippen LogP contribution in [-0.4, -0.2) is 47.1 Å². The molecule has 1 aliphatic carbocycles. The van der Waals surface area contributed by atoms with Gasteiger partial charge in [-0.15, -0.1) is 11.3 Å². The van der Waals surface area contributed by atoms with Gasteiger partial charge in [0.1, 0.15) is 5.82 Å². The summed E-state index contributed by atoms with van der Waals surface area (Å²) in [7, 11) is 0. The maximum atomic E-state index is 5.95. The molecule has 2 aromatic heterocycles. The number of hydrogen-bond donors (Lipinski definition) is 2. The number of nitrogens with two attached hydrogens (primary N) is 2. The van der Waals surface area contributed by atoms with E-state index < -0.39 is 0 Å². The van der Waals surface area contributed by atoms with Crippen LogP contribution >= 0.6 is 11.3 Å². The summed E-state index contributed by atoms with van der Waals surface area (Å²) < 4.78 is 0. The van der Waals surface area contributed by atoms with Gasteiger partial charge in [0.05, 0.1) is 5.69 Å². The summed E-state index contributed by atoms with van der Waals surface area (Å²) in [6.45, 7) is 5.09. The molecule has 0 amide bonds. The Morgan fingerprint density at radius 2 is 1.96 bits per heavy atom. The molecular weight excluding hydrogens is 320 g/mol. The third-order valence-corrected chi connectivity index (χ3v) is 5.86. The highest BCUT2D eigenvalue weighted by Crippen LogP contribution is 2.36. The first-order valence-corrected chi connectivity index (χ1v) is 9.45. The Labute approximate surface area is 146 Å². The molecule has 0 bridgehead atoms. The van der Waals surface area contributed by atoms with Crippen LogP contribution in [0.3, 0.4) is 0 Å². The lowest BCUT2D eigenvalue weighted by Gasteiger charge is -2.36. The zero-order valence-corrected chi connectivity index (χ0v) is 14.6. The monoisotopic (exact) mass is 344 g/mol. The molecule has 0 spiro atoms. The van der Waals surface area contributed by atoms with Gasteiger partial charge in [-0.25, -0.2) is 4.98 Å². The van der Waals surface area contributed by atoms with Gasteiger partial charge in [-0.05, 0) is 24.3 Å². The van der Waals surface area contributed by atoms with Crippen LogP contribution < -0.4 is 16.4 Å². The molecule has 1 aliphatic heterocycles. The SMILES string of the molecule is Nc1nc(C2CC(N)C2)cc(N2CCN(Cc3cccs3)CC2)n1. The second-order valence-corrected chi connectivity index (χ2v) is 7.81. The lowest BCUT2D eigenvalue weighted by Crippen LogP contribution is -2.46. The molecule has 2 aromatic rings. The van der Waals surface area contributed by atoms with Crippen molar-refractivity contribution in [3.63, 3.8) is 0 Å². The number of hydrogen-bond acceptors (Lipinski definition) is 7. The van der Waals surface area contributed by atoms with Crippen LogP contribution in [0.2, 0.25) is 0 Å². The average molecular weight is 344 g/mol. The second-order valence-electron chi connectivity index (χ2n) is 6.78. The van der Waals surface area contributed by atoms with Crippen molar-refractivity contribution in [2.45, 2.75) is 31.3 Å². The van der Waals surface area contributed by atoms with E-state index in [0.29, 0.717) is 17.9 Å². The Morgan fingerprint density at radius 1 is 1.17 bits per heavy atom. The molecule has 0 atom stereocenters. The molecule has 4 N–H and O–H groups in total. The van der Waals surface area contributed by atoms with Crippen molar-refractivity contribution in [1.82, 2.24) is 14.9 Å². The molecule has 7 heteroatoms. The molecule has 2 aliphatic rings. The molecule has 2 fully saturated rings. The van der Waals surface area contributed by atoms with Crippen LogP contribution in [0, 0.1) is 0 Å². The van der Waals surface area contributed by atoms with Crippen LogP contribution in [0.25, 0.3) is 0 Å². The molecule has 6 nitrogen and oxygen atoms in total. The molecule has 24 heavy (non-hydrogen) atoms. The number of aromatic nitrogens is 2. The summed E-state index contributed by atoms with van der Waals surface area (Å²) in [5.74, 6) is 1.79. The third-order valence-electron chi connectivity index (χ3n) is 5.00. The number of thiophene rings is 1. The molecular formula is C17H24N6S. The first kappa shape index (κ1) is 15.8. The van der Waals surface area contributed by atoms with Crippen molar-refractivity contribution in [3.05, 3.63) is 34.2 Å². The second kappa shape index (κ2) is 6.66. The zero-order chi connectivity index (χ0) is 16.5. The Hall–Kier alpha value is -1.70. The van der Waals surface area contributed by atoms with E-state index in [2.05, 4.69) is 43.3 Å². The molecule has 128 valence electrons. The number of nitrogens with zero attached hydrogens (tertiary/aromatic N) is 4. The number of rotatable bonds is 4. The van der Waals surface area contributed by atoms with Crippen LogP contribution in [-0.2, 0) is 6.54 Å². The third kappa shape index (κ3) is 3.38. The van der Waals surface area contributed by atoms with Crippen LogP contribution in [0.15, 0.2) is 23.6 Å². The summed E-state index contributed by atoms with van der Waals surface area (Å²) in [5, 5.41) is 2.14. The van der Waals surface area contributed by atoms with E-state index in [1.54, 1.807) is 0 Å². The summed E-state index contributed by atoms with van der Waals surface area (Å²) in [6, 6.07) is 6.75. The Bertz CT molecular complexity index is 674. The predicted molar refractivity (Wildman–Crippen MR) is 98.2 cm³/mol. The molecule has 3 heterocycles. The molecule has 1 saturated heterocycles. The Kier molecular flexibility index (Phi) is 4.39. The van der Waals surface area contributed by atoms with Gasteiger partial charge in [-0.3, -0.25) is 4.90 Å². The lowest BCUT2D eigenvalue weighted by atomic mass is 9.78. The highest BCUT2D eigenvalue weighted by atomic mass is 32.1. The van der Waals surface area contributed by atoms with Gasteiger partial charge in [0.25, 0.3) is 0 Å². The average Bonchev–Trinajstić information content (AvgIpc) is 3.05. The van der Waals surface area contributed by atoms with E-state index in [4.69, 9.17) is 11.5 Å². The number of anilines is 2. The van der Waals surface area contributed by atoms with Crippen molar-refractivity contribution in [2.24, 2.45) is 5.73 Å². The van der Waals surface area contributed by atoms with Crippen molar-refractivity contribution in [3.8, 4) is 0 Å². The minimum absolute atomic E-state index is 0.315. The van der Waals surface area contributed by atoms with E-state index in [-0.39, 0.29) is 0 Å². The number of nitrogen functional groups attached to an aromatic ring is 1. The van der Waals surface area contributed by atoms with Gasteiger partial charge in [0.2, 0.25) is 5.95 Å². The quantitative estimate of drug-likeness (QED) is 0.877. The van der Waals surface area contributed by atoms with Crippen LogP contribution in [0.5, 0.6) is 0 Å². The molecule has 0 radical (unpaired) electrons. The smallest absolute Gasteiger partial charge is 0.222 e. The summed E-state index contributed by atoms with van der Waals surface area (Å²) in [4.78, 5) is 15.1. The van der Waals surface area contributed by atoms with Gasteiger partial charge in [-0.1, -0.05) is 6.07 Å². The largest absolute Gasteiger partial charge is 0.368 e. The van der Waals surface area contributed by atoms with E-state index in [0.717, 1.165) is 57.1 Å². The summed E-state index contributed by atoms with van der Waals surface area (Å²) in [6.07, 6.45) is 2.01. The fourth-order valence-corrected chi connectivity index (χ4v) is 4.25. The fraction of sp³-hybridized carbons (Fsp3) is 0.529. The van der Waals surface area contributed by atoms with Gasteiger partial charge >= 0.3 is 0 Å². The van der Waals surface area contributed by atoms with Crippen molar-refractivity contribution in [2.75, 3.05) is 36.8 Å². The van der Waals surface area contributed by atoms with Crippen molar-refractivity contribution < 1.29 is 0 Å². The van der Waals surface area contributed by atoms with Gasteiger partial charge in [-0.2, -0.15) is 4.98 Å². The summed E-state index contributed by atoms with van der Waals surface area (Å²) in [5.41, 5.74) is 12.9. The Morgan fingerprint density at radius 3 is 2.62 bits per heavy atom. The van der Waals surface area contributed by atoms with Crippen molar-refractivity contribution in [1.29, 1.82) is 0 Å². The normalized spacial score (nSPS) is 24.8. The van der Waals surface area contributed by atoms with Crippen LogP contribution in [0.4, 0.5) is 11.8 Å². The van der Waals surface area contributed by atoms with Crippen LogP contribution in [0.1, 0.15) is 29.3 Å². The van der Waals surface area contributed by atoms with E-state index in [1.165, 1.54) is 4.88 Å². The van der Waals surface area contributed by atoms with Gasteiger partial charge in [0, 0.05) is 55.6 Å². The highest BCUT2D eigenvalue weighted by molar-refractivity contribution is 7.09. The maximum Gasteiger partial charge on any atom is 0.222 e.